The van der Waals surface area contributed by atoms with Crippen molar-refractivity contribution in [2.45, 2.75) is 19.3 Å². The molecule has 31 heavy (non-hydrogen) atoms. The van der Waals surface area contributed by atoms with Gasteiger partial charge in [-0.3, -0.25) is 4.79 Å². The number of primary amides is 1. The zero-order chi connectivity index (χ0) is 22.0. The van der Waals surface area contributed by atoms with Gasteiger partial charge in [-0.15, -0.1) is 0 Å². The zero-order valence-corrected chi connectivity index (χ0v) is 18.1. The second-order valence-corrected chi connectivity index (χ2v) is 8.21. The van der Waals surface area contributed by atoms with E-state index in [-0.39, 0.29) is 11.8 Å². The number of hydrogen-bond donors (Lipinski definition) is 1. The fourth-order valence-electron chi connectivity index (χ4n) is 4.22. The molecule has 0 bridgehead atoms. The summed E-state index contributed by atoms with van der Waals surface area (Å²) in [6.07, 6.45) is 12.3. The average Bonchev–Trinajstić information content (AvgIpc) is 3.22. The van der Waals surface area contributed by atoms with Crippen molar-refractivity contribution in [2.24, 2.45) is 11.7 Å². The van der Waals surface area contributed by atoms with Crippen LogP contribution in [-0.2, 0) is 4.79 Å². The molecule has 2 heterocycles. The molecule has 4 rings (SSSR count). The highest BCUT2D eigenvalue weighted by Gasteiger charge is 2.22. The number of allylic oxidation sites excluding steroid dienone is 4. The molecule has 0 saturated heterocycles. The average molecular weight is 413 g/mol. The van der Waals surface area contributed by atoms with Gasteiger partial charge >= 0.3 is 0 Å². The molecule has 0 spiro atoms. The molecule has 1 aliphatic rings. The molecule has 2 N–H and O–H groups in total. The highest BCUT2D eigenvalue weighted by atomic mass is 16.1. The third-order valence-corrected chi connectivity index (χ3v) is 5.85. The van der Waals surface area contributed by atoms with E-state index in [0.717, 1.165) is 40.6 Å². The van der Waals surface area contributed by atoms with Crippen molar-refractivity contribution < 1.29 is 4.79 Å². The first-order chi connectivity index (χ1) is 15.0. The number of rotatable bonds is 6. The summed E-state index contributed by atoms with van der Waals surface area (Å²) in [5.74, 6) is -0.268. The van der Waals surface area contributed by atoms with Crippen molar-refractivity contribution in [2.75, 3.05) is 14.1 Å². The molecule has 1 aliphatic carbocycles. The predicted octanol–water partition coefficient (Wildman–Crippen LogP) is 4.76. The summed E-state index contributed by atoms with van der Waals surface area (Å²) in [5.41, 5.74) is 13.4. The van der Waals surface area contributed by atoms with Crippen LogP contribution in [0.2, 0.25) is 0 Å². The number of aromatic nitrogens is 2. The fraction of sp³-hybridized carbons (Fsp3) is 0.231. The maximum Gasteiger partial charge on any atom is 0.220 e. The lowest BCUT2D eigenvalue weighted by Gasteiger charge is -2.20. The lowest BCUT2D eigenvalue weighted by molar-refractivity contribution is -0.121. The van der Waals surface area contributed by atoms with Crippen molar-refractivity contribution in [3.8, 4) is 11.1 Å². The normalized spacial score (nSPS) is 16.8. The summed E-state index contributed by atoms with van der Waals surface area (Å²) in [7, 11) is 4.01. The lowest BCUT2D eigenvalue weighted by atomic mass is 9.85. The Labute approximate surface area is 183 Å². The molecule has 1 amide bonds. The SMILES string of the molecule is C=C/C(=C\N(C)C)c1ccc(-c2cnn3cccc(C4=CCC(C(N)=O)CC4)c23)cc1. The van der Waals surface area contributed by atoms with Crippen LogP contribution in [-0.4, -0.2) is 34.5 Å². The van der Waals surface area contributed by atoms with Crippen LogP contribution >= 0.6 is 0 Å². The van der Waals surface area contributed by atoms with E-state index in [9.17, 15) is 4.79 Å². The van der Waals surface area contributed by atoms with Crippen molar-refractivity contribution in [1.82, 2.24) is 14.5 Å². The Bertz CT molecular complexity index is 1180. The van der Waals surface area contributed by atoms with E-state index in [2.05, 4.69) is 54.3 Å². The summed E-state index contributed by atoms with van der Waals surface area (Å²) >= 11 is 0. The van der Waals surface area contributed by atoms with Crippen LogP contribution in [0.3, 0.4) is 0 Å². The summed E-state index contributed by atoms with van der Waals surface area (Å²) in [6.45, 7) is 3.94. The Hall–Kier alpha value is -3.60. The number of carbonyl (C=O) groups is 1. The number of amides is 1. The van der Waals surface area contributed by atoms with Gasteiger partial charge in [-0.1, -0.05) is 49.1 Å². The second-order valence-electron chi connectivity index (χ2n) is 8.21. The van der Waals surface area contributed by atoms with Gasteiger partial charge in [0.25, 0.3) is 0 Å². The molecule has 0 saturated carbocycles. The predicted molar refractivity (Wildman–Crippen MR) is 127 cm³/mol. The first-order valence-electron chi connectivity index (χ1n) is 10.5. The molecule has 1 atom stereocenters. The topological polar surface area (TPSA) is 63.6 Å². The number of nitrogens with zero attached hydrogens (tertiary/aromatic N) is 3. The Balaban J connectivity index is 1.73. The van der Waals surface area contributed by atoms with Gasteiger partial charge in [0, 0.05) is 43.5 Å². The quantitative estimate of drug-likeness (QED) is 0.594. The van der Waals surface area contributed by atoms with Crippen LogP contribution in [0.4, 0.5) is 0 Å². The Kier molecular flexibility index (Phi) is 5.76. The molecule has 2 aromatic heterocycles. The first kappa shape index (κ1) is 20.7. The number of carbonyl (C=O) groups excluding carboxylic acids is 1. The highest BCUT2D eigenvalue weighted by molar-refractivity contribution is 5.91. The van der Waals surface area contributed by atoms with Crippen LogP contribution in [0, 0.1) is 5.92 Å². The molecule has 1 unspecified atom stereocenters. The van der Waals surface area contributed by atoms with Crippen molar-refractivity contribution in [3.63, 3.8) is 0 Å². The van der Waals surface area contributed by atoms with Crippen LogP contribution in [0.25, 0.3) is 27.8 Å². The highest BCUT2D eigenvalue weighted by Crippen LogP contribution is 2.36. The van der Waals surface area contributed by atoms with Gasteiger partial charge in [0.2, 0.25) is 5.91 Å². The number of pyridine rings is 1. The number of fused-ring (bicyclic) bond motifs is 1. The van der Waals surface area contributed by atoms with Crippen LogP contribution in [0.5, 0.6) is 0 Å². The van der Waals surface area contributed by atoms with Gasteiger partial charge in [0.05, 0.1) is 11.7 Å². The van der Waals surface area contributed by atoms with Crippen molar-refractivity contribution >= 4 is 22.6 Å². The third kappa shape index (κ3) is 4.17. The van der Waals surface area contributed by atoms with Crippen LogP contribution < -0.4 is 5.73 Å². The summed E-state index contributed by atoms with van der Waals surface area (Å²) < 4.78 is 1.93. The first-order valence-corrected chi connectivity index (χ1v) is 10.5. The van der Waals surface area contributed by atoms with E-state index in [0.29, 0.717) is 6.42 Å². The van der Waals surface area contributed by atoms with Gasteiger partial charge in [0.1, 0.15) is 0 Å². The van der Waals surface area contributed by atoms with Gasteiger partial charge in [-0.25, -0.2) is 4.52 Å². The Morgan fingerprint density at radius 3 is 2.61 bits per heavy atom. The molecule has 5 nitrogen and oxygen atoms in total. The smallest absolute Gasteiger partial charge is 0.220 e. The van der Waals surface area contributed by atoms with Gasteiger partial charge in [-0.05, 0) is 47.6 Å². The Morgan fingerprint density at radius 2 is 2.00 bits per heavy atom. The van der Waals surface area contributed by atoms with Gasteiger partial charge in [0.15, 0.2) is 0 Å². The molecule has 0 fully saturated rings. The van der Waals surface area contributed by atoms with Crippen LogP contribution in [0.1, 0.15) is 30.4 Å². The maximum atomic E-state index is 11.5. The minimum absolute atomic E-state index is 0.0605. The van der Waals surface area contributed by atoms with E-state index in [1.54, 1.807) is 0 Å². The zero-order valence-electron chi connectivity index (χ0n) is 18.1. The Morgan fingerprint density at radius 1 is 1.23 bits per heavy atom. The van der Waals surface area contributed by atoms with E-state index in [4.69, 9.17) is 5.73 Å². The van der Waals surface area contributed by atoms with Crippen molar-refractivity contribution in [3.05, 3.63) is 84.8 Å². The van der Waals surface area contributed by atoms with E-state index < -0.39 is 0 Å². The van der Waals surface area contributed by atoms with Gasteiger partial charge in [-0.2, -0.15) is 5.10 Å². The molecule has 0 radical (unpaired) electrons. The van der Waals surface area contributed by atoms with Gasteiger partial charge < -0.3 is 10.6 Å². The summed E-state index contributed by atoms with van der Waals surface area (Å²) in [4.78, 5) is 13.5. The van der Waals surface area contributed by atoms with E-state index in [1.807, 2.05) is 48.0 Å². The minimum atomic E-state index is -0.208. The molecular weight excluding hydrogens is 384 g/mol. The fourth-order valence-corrected chi connectivity index (χ4v) is 4.22. The number of hydrogen-bond acceptors (Lipinski definition) is 3. The third-order valence-electron chi connectivity index (χ3n) is 5.85. The van der Waals surface area contributed by atoms with Crippen molar-refractivity contribution in [1.29, 1.82) is 0 Å². The van der Waals surface area contributed by atoms with E-state index >= 15 is 0 Å². The molecule has 0 aliphatic heterocycles. The summed E-state index contributed by atoms with van der Waals surface area (Å²) in [6, 6.07) is 12.7. The molecule has 3 aromatic rings. The monoisotopic (exact) mass is 412 g/mol. The number of nitrogens with two attached hydrogens (primary N) is 1. The van der Waals surface area contributed by atoms with E-state index in [1.165, 1.54) is 11.1 Å². The molecule has 5 heteroatoms. The maximum absolute atomic E-state index is 11.5. The second kappa shape index (κ2) is 8.64. The largest absolute Gasteiger partial charge is 0.383 e. The molecule has 1 aromatic carbocycles. The summed E-state index contributed by atoms with van der Waals surface area (Å²) in [5, 5.41) is 4.59. The standard InChI is InChI=1S/C26H28N4O/c1-4-18(17-29(2)3)19-7-9-21(10-8-19)24-16-28-30-15-5-6-23(25(24)30)20-11-13-22(14-12-20)26(27)31/h4-11,15-17,22H,1,12-14H2,2-3H3,(H2,27,31)/b18-17+. The minimum Gasteiger partial charge on any atom is -0.383 e. The lowest BCUT2D eigenvalue weighted by Crippen LogP contribution is -2.24. The number of benzene rings is 1. The van der Waals surface area contributed by atoms with Crippen LogP contribution in [0.15, 0.2) is 73.7 Å². The molecule has 158 valence electrons. The molecular formula is C26H28N4O.